The molecule has 0 radical (unpaired) electrons. The van der Waals surface area contributed by atoms with Gasteiger partial charge in [-0.3, -0.25) is 0 Å². The minimum atomic E-state index is -0.178. The first-order chi connectivity index (χ1) is 9.70. The summed E-state index contributed by atoms with van der Waals surface area (Å²) in [5.74, 6) is -0.178. The minimum Gasteiger partial charge on any atom is -0.377 e. The summed E-state index contributed by atoms with van der Waals surface area (Å²) in [6, 6.07) is 5.85. The molecule has 1 heterocycles. The number of ether oxygens (including phenoxy) is 1. The number of nitrogens with one attached hydrogen (secondary N) is 1. The molecule has 1 unspecified atom stereocenters. The van der Waals surface area contributed by atoms with Crippen molar-refractivity contribution in [2.45, 2.75) is 38.5 Å². The maximum Gasteiger partial charge on any atom is 0.128 e. The third kappa shape index (κ3) is 4.27. The topological polar surface area (TPSA) is 24.5 Å². The maximum atomic E-state index is 13.7. The van der Waals surface area contributed by atoms with Gasteiger partial charge in [-0.05, 0) is 57.6 Å². The molecule has 4 heteroatoms. The van der Waals surface area contributed by atoms with Crippen molar-refractivity contribution in [3.63, 3.8) is 0 Å². The lowest BCUT2D eigenvalue weighted by Crippen LogP contribution is -2.26. The second-order valence-corrected chi connectivity index (χ2v) is 5.57. The van der Waals surface area contributed by atoms with Gasteiger partial charge in [-0.2, -0.15) is 0 Å². The first kappa shape index (κ1) is 15.4. The van der Waals surface area contributed by atoms with Crippen LogP contribution >= 0.6 is 0 Å². The van der Waals surface area contributed by atoms with Gasteiger partial charge in [0.1, 0.15) is 5.82 Å². The molecule has 0 saturated carbocycles. The number of nitrogens with zero attached hydrogens (tertiary/aromatic N) is 1. The van der Waals surface area contributed by atoms with Crippen LogP contribution in [0.5, 0.6) is 0 Å². The van der Waals surface area contributed by atoms with E-state index in [0.29, 0.717) is 24.8 Å². The average Bonchev–Trinajstić information content (AvgIpc) is 2.84. The van der Waals surface area contributed by atoms with E-state index in [4.69, 9.17) is 4.74 Å². The highest BCUT2D eigenvalue weighted by Gasteiger charge is 2.20. The van der Waals surface area contributed by atoms with Crippen molar-refractivity contribution < 1.29 is 9.13 Å². The van der Waals surface area contributed by atoms with Crippen LogP contribution in [0.25, 0.3) is 0 Å². The lowest BCUT2D eigenvalue weighted by molar-refractivity contribution is 0.0995. The van der Waals surface area contributed by atoms with Crippen molar-refractivity contribution in [2.24, 2.45) is 0 Å². The van der Waals surface area contributed by atoms with Gasteiger partial charge in [-0.1, -0.05) is 6.07 Å². The van der Waals surface area contributed by atoms with Gasteiger partial charge in [0, 0.05) is 24.8 Å². The van der Waals surface area contributed by atoms with Gasteiger partial charge in [0.05, 0.1) is 6.61 Å². The molecule has 1 atom stereocenters. The van der Waals surface area contributed by atoms with E-state index >= 15 is 0 Å². The maximum absolute atomic E-state index is 13.7. The highest BCUT2D eigenvalue weighted by molar-refractivity contribution is 5.24. The highest BCUT2D eigenvalue weighted by atomic mass is 19.1. The van der Waals surface area contributed by atoms with Crippen LogP contribution in [0.3, 0.4) is 0 Å². The third-order valence-electron chi connectivity index (χ3n) is 4.02. The second kappa shape index (κ2) is 7.72. The molecule has 20 heavy (non-hydrogen) atoms. The molecule has 1 N–H and O–H groups in total. The van der Waals surface area contributed by atoms with Crippen molar-refractivity contribution in [3.05, 3.63) is 35.1 Å². The van der Waals surface area contributed by atoms with Crippen molar-refractivity contribution in [2.75, 3.05) is 27.2 Å². The number of benzene rings is 1. The summed E-state index contributed by atoms with van der Waals surface area (Å²) < 4.78 is 19.3. The summed E-state index contributed by atoms with van der Waals surface area (Å²) in [4.78, 5) is 2.39. The Hall–Kier alpha value is -0.970. The second-order valence-electron chi connectivity index (χ2n) is 5.57. The van der Waals surface area contributed by atoms with Crippen molar-refractivity contribution in [1.82, 2.24) is 10.2 Å². The van der Waals surface area contributed by atoms with Crippen LogP contribution in [0.4, 0.5) is 4.39 Å². The fourth-order valence-electron chi connectivity index (χ4n) is 2.80. The fourth-order valence-corrected chi connectivity index (χ4v) is 2.80. The Morgan fingerprint density at radius 3 is 3.00 bits per heavy atom. The average molecular weight is 280 g/mol. The predicted molar refractivity (Wildman–Crippen MR) is 79.1 cm³/mol. The van der Waals surface area contributed by atoms with Crippen LogP contribution in [0, 0.1) is 5.82 Å². The third-order valence-corrected chi connectivity index (χ3v) is 4.02. The lowest BCUT2D eigenvalue weighted by Gasteiger charge is -2.19. The molecule has 1 saturated heterocycles. The zero-order valence-electron chi connectivity index (χ0n) is 12.5. The Labute approximate surface area is 121 Å². The van der Waals surface area contributed by atoms with Gasteiger partial charge in [0.2, 0.25) is 0 Å². The molecule has 0 aromatic heterocycles. The van der Waals surface area contributed by atoms with E-state index < -0.39 is 0 Å². The standard InChI is InChI=1S/C16H25FN2O/c1-18-11-13-5-6-16(17)14(10-13)12-20-9-7-15-4-3-8-19(15)2/h5-6,10,15,18H,3-4,7-9,11-12H2,1-2H3. The molecule has 3 nitrogen and oxygen atoms in total. The highest BCUT2D eigenvalue weighted by Crippen LogP contribution is 2.18. The molecule has 0 spiro atoms. The smallest absolute Gasteiger partial charge is 0.128 e. The SMILES string of the molecule is CNCc1ccc(F)c(COCCC2CCCN2C)c1. The molecular weight excluding hydrogens is 255 g/mol. The Bertz CT molecular complexity index is 425. The van der Waals surface area contributed by atoms with E-state index in [1.165, 1.54) is 25.5 Å². The first-order valence-corrected chi connectivity index (χ1v) is 7.40. The summed E-state index contributed by atoms with van der Waals surface area (Å²) >= 11 is 0. The molecule has 0 bridgehead atoms. The number of likely N-dealkylation sites (tertiary alicyclic amines) is 1. The van der Waals surface area contributed by atoms with Crippen molar-refractivity contribution >= 4 is 0 Å². The van der Waals surface area contributed by atoms with Gasteiger partial charge in [-0.25, -0.2) is 4.39 Å². The normalized spacial score (nSPS) is 19.6. The van der Waals surface area contributed by atoms with Gasteiger partial charge < -0.3 is 15.0 Å². The van der Waals surface area contributed by atoms with Crippen molar-refractivity contribution in [1.29, 1.82) is 0 Å². The van der Waals surface area contributed by atoms with Gasteiger partial charge in [0.15, 0.2) is 0 Å². The summed E-state index contributed by atoms with van der Waals surface area (Å²) in [6.45, 7) is 3.00. The van der Waals surface area contributed by atoms with E-state index in [2.05, 4.69) is 17.3 Å². The number of hydrogen-bond acceptors (Lipinski definition) is 3. The molecule has 0 aliphatic carbocycles. The summed E-state index contributed by atoms with van der Waals surface area (Å²) in [5.41, 5.74) is 1.74. The molecule has 1 aromatic rings. The Morgan fingerprint density at radius 1 is 1.45 bits per heavy atom. The monoisotopic (exact) mass is 280 g/mol. The van der Waals surface area contributed by atoms with Crippen LogP contribution in [-0.2, 0) is 17.9 Å². The van der Waals surface area contributed by atoms with Gasteiger partial charge in [0.25, 0.3) is 0 Å². The number of rotatable bonds is 7. The first-order valence-electron chi connectivity index (χ1n) is 7.40. The summed E-state index contributed by atoms with van der Waals surface area (Å²) in [7, 11) is 4.05. The van der Waals surface area contributed by atoms with Crippen molar-refractivity contribution in [3.8, 4) is 0 Å². The summed E-state index contributed by atoms with van der Waals surface area (Å²) in [5, 5.41) is 3.07. The molecule has 1 aromatic carbocycles. The predicted octanol–water partition coefficient (Wildman–Crippen LogP) is 2.55. The zero-order chi connectivity index (χ0) is 14.4. The van der Waals surface area contributed by atoms with Gasteiger partial charge >= 0.3 is 0 Å². The molecule has 0 amide bonds. The van der Waals surface area contributed by atoms with E-state index in [9.17, 15) is 4.39 Å². The Kier molecular flexibility index (Phi) is 5.95. The van der Waals surface area contributed by atoms with E-state index in [0.717, 1.165) is 18.5 Å². The quantitative estimate of drug-likeness (QED) is 0.777. The lowest BCUT2D eigenvalue weighted by atomic mass is 10.1. The molecule has 112 valence electrons. The largest absolute Gasteiger partial charge is 0.377 e. The van der Waals surface area contributed by atoms with Crippen LogP contribution in [0.15, 0.2) is 18.2 Å². The van der Waals surface area contributed by atoms with Crippen LogP contribution in [0.2, 0.25) is 0 Å². The fraction of sp³-hybridized carbons (Fsp3) is 0.625. The molecular formula is C16H25FN2O. The molecule has 1 fully saturated rings. The Morgan fingerprint density at radius 2 is 2.30 bits per heavy atom. The van der Waals surface area contributed by atoms with E-state index in [1.807, 2.05) is 19.2 Å². The number of hydrogen-bond donors (Lipinski definition) is 1. The van der Waals surface area contributed by atoms with E-state index in [-0.39, 0.29) is 5.82 Å². The van der Waals surface area contributed by atoms with Crippen LogP contribution in [0.1, 0.15) is 30.4 Å². The molecule has 2 rings (SSSR count). The summed E-state index contributed by atoms with van der Waals surface area (Å²) in [6.07, 6.45) is 3.57. The molecule has 1 aliphatic heterocycles. The van der Waals surface area contributed by atoms with Gasteiger partial charge in [-0.15, -0.1) is 0 Å². The molecule has 1 aliphatic rings. The van der Waals surface area contributed by atoms with Crippen LogP contribution in [-0.4, -0.2) is 38.2 Å². The minimum absolute atomic E-state index is 0.178. The Balaban J connectivity index is 1.77. The van der Waals surface area contributed by atoms with Crippen LogP contribution < -0.4 is 5.32 Å². The zero-order valence-corrected chi connectivity index (χ0v) is 12.5. The number of halogens is 1. The van der Waals surface area contributed by atoms with E-state index in [1.54, 1.807) is 0 Å².